The Hall–Kier alpha value is -1.84. The van der Waals surface area contributed by atoms with Crippen LogP contribution in [-0.2, 0) is 9.53 Å². The number of hydrogen-bond donors (Lipinski definition) is 1. The summed E-state index contributed by atoms with van der Waals surface area (Å²) in [4.78, 5) is 23.6. The van der Waals surface area contributed by atoms with E-state index in [2.05, 4.69) is 37.7 Å². The zero-order valence-corrected chi connectivity index (χ0v) is 12.6. The highest BCUT2D eigenvalue weighted by atomic mass is 16.5. The van der Waals surface area contributed by atoms with Crippen molar-refractivity contribution in [3.8, 4) is 0 Å². The van der Waals surface area contributed by atoms with Crippen LogP contribution in [0.2, 0.25) is 0 Å². The van der Waals surface area contributed by atoms with Gasteiger partial charge in [-0.3, -0.25) is 4.79 Å². The SMILES string of the molecule is COC(=O)c1ccc(NC(=O)C2C(C)(C)C2(C)C)cc1. The lowest BCUT2D eigenvalue weighted by molar-refractivity contribution is -0.118. The molecule has 20 heavy (non-hydrogen) atoms. The monoisotopic (exact) mass is 275 g/mol. The first-order chi connectivity index (χ1) is 9.21. The summed E-state index contributed by atoms with van der Waals surface area (Å²) in [6.07, 6.45) is 0. The molecule has 2 rings (SSSR count). The van der Waals surface area contributed by atoms with Crippen molar-refractivity contribution in [2.24, 2.45) is 16.7 Å². The minimum absolute atomic E-state index is 0.00952. The Bertz CT molecular complexity index is 529. The van der Waals surface area contributed by atoms with Crippen molar-refractivity contribution >= 4 is 17.6 Å². The zero-order valence-electron chi connectivity index (χ0n) is 12.6. The molecule has 1 aliphatic rings. The molecule has 4 nitrogen and oxygen atoms in total. The van der Waals surface area contributed by atoms with Gasteiger partial charge in [0, 0.05) is 11.6 Å². The maximum absolute atomic E-state index is 12.3. The summed E-state index contributed by atoms with van der Waals surface area (Å²) in [5.74, 6) is -0.339. The molecule has 1 saturated carbocycles. The highest BCUT2D eigenvalue weighted by Gasteiger charge is 2.68. The molecule has 1 fully saturated rings. The molecule has 1 aliphatic carbocycles. The number of anilines is 1. The number of carbonyl (C=O) groups excluding carboxylic acids is 2. The summed E-state index contributed by atoms with van der Waals surface area (Å²) in [5.41, 5.74) is 1.20. The number of hydrogen-bond acceptors (Lipinski definition) is 3. The van der Waals surface area contributed by atoms with Crippen molar-refractivity contribution in [3.05, 3.63) is 29.8 Å². The minimum atomic E-state index is -0.382. The van der Waals surface area contributed by atoms with Gasteiger partial charge in [-0.05, 0) is 35.1 Å². The Balaban J connectivity index is 2.05. The Morgan fingerprint density at radius 1 is 1.05 bits per heavy atom. The second-order valence-electron chi connectivity index (χ2n) is 6.43. The third kappa shape index (κ3) is 2.19. The van der Waals surface area contributed by atoms with Crippen LogP contribution < -0.4 is 5.32 Å². The molecule has 4 heteroatoms. The van der Waals surface area contributed by atoms with Crippen LogP contribution in [0.1, 0.15) is 38.1 Å². The molecule has 0 heterocycles. The van der Waals surface area contributed by atoms with Gasteiger partial charge in [0.05, 0.1) is 12.7 Å². The molecule has 0 bridgehead atoms. The zero-order chi connectivity index (χ0) is 15.1. The Kier molecular flexibility index (Phi) is 3.36. The highest BCUT2D eigenvalue weighted by molar-refractivity contribution is 5.96. The molecule has 0 unspecified atom stereocenters. The first-order valence-electron chi connectivity index (χ1n) is 6.71. The fraction of sp³-hybridized carbons (Fsp3) is 0.500. The van der Waals surface area contributed by atoms with Crippen molar-refractivity contribution in [1.82, 2.24) is 0 Å². The van der Waals surface area contributed by atoms with Crippen LogP contribution in [-0.4, -0.2) is 19.0 Å². The fourth-order valence-electron chi connectivity index (χ4n) is 2.87. The number of carbonyl (C=O) groups is 2. The molecule has 108 valence electrons. The van der Waals surface area contributed by atoms with Crippen LogP contribution in [0.4, 0.5) is 5.69 Å². The summed E-state index contributed by atoms with van der Waals surface area (Å²) >= 11 is 0. The first-order valence-corrected chi connectivity index (χ1v) is 6.71. The minimum Gasteiger partial charge on any atom is -0.465 e. The molecule has 1 aromatic carbocycles. The predicted octanol–water partition coefficient (Wildman–Crippen LogP) is 3.09. The van der Waals surface area contributed by atoms with E-state index >= 15 is 0 Å². The Labute approximate surface area is 119 Å². The normalized spacial score (nSPS) is 19.2. The Morgan fingerprint density at radius 3 is 1.95 bits per heavy atom. The molecule has 0 aliphatic heterocycles. The van der Waals surface area contributed by atoms with Gasteiger partial charge in [-0.25, -0.2) is 4.79 Å². The topological polar surface area (TPSA) is 55.4 Å². The molecule has 1 amide bonds. The lowest BCUT2D eigenvalue weighted by Crippen LogP contribution is -2.17. The molecular weight excluding hydrogens is 254 g/mol. The van der Waals surface area contributed by atoms with Crippen LogP contribution in [0.25, 0.3) is 0 Å². The maximum Gasteiger partial charge on any atom is 0.337 e. The number of methoxy groups -OCH3 is 1. The van der Waals surface area contributed by atoms with Crippen molar-refractivity contribution < 1.29 is 14.3 Å². The van der Waals surface area contributed by atoms with E-state index in [-0.39, 0.29) is 28.6 Å². The number of ether oxygens (including phenoxy) is 1. The van der Waals surface area contributed by atoms with E-state index in [0.29, 0.717) is 11.3 Å². The van der Waals surface area contributed by atoms with Crippen molar-refractivity contribution in [2.45, 2.75) is 27.7 Å². The summed E-state index contributed by atoms with van der Waals surface area (Å²) < 4.78 is 4.63. The molecule has 0 radical (unpaired) electrons. The highest BCUT2D eigenvalue weighted by Crippen LogP contribution is 2.68. The van der Waals surface area contributed by atoms with Crippen LogP contribution in [0.5, 0.6) is 0 Å². The van der Waals surface area contributed by atoms with Gasteiger partial charge >= 0.3 is 5.97 Å². The van der Waals surface area contributed by atoms with Gasteiger partial charge in [-0.2, -0.15) is 0 Å². The summed E-state index contributed by atoms with van der Waals surface area (Å²) in [7, 11) is 1.34. The van der Waals surface area contributed by atoms with Gasteiger partial charge in [0.2, 0.25) is 5.91 Å². The number of nitrogens with one attached hydrogen (secondary N) is 1. The van der Waals surface area contributed by atoms with Gasteiger partial charge in [-0.1, -0.05) is 27.7 Å². The number of benzene rings is 1. The third-order valence-corrected chi connectivity index (χ3v) is 4.86. The van der Waals surface area contributed by atoms with E-state index in [4.69, 9.17) is 0 Å². The van der Waals surface area contributed by atoms with Crippen molar-refractivity contribution in [2.75, 3.05) is 12.4 Å². The molecule has 0 saturated heterocycles. The molecule has 0 atom stereocenters. The quantitative estimate of drug-likeness (QED) is 0.862. The molecule has 0 aromatic heterocycles. The lowest BCUT2D eigenvalue weighted by Gasteiger charge is -2.07. The number of esters is 1. The first kappa shape index (κ1) is 14.6. The van der Waals surface area contributed by atoms with E-state index < -0.39 is 0 Å². The van der Waals surface area contributed by atoms with Crippen molar-refractivity contribution in [1.29, 1.82) is 0 Å². The van der Waals surface area contributed by atoms with E-state index in [9.17, 15) is 9.59 Å². The van der Waals surface area contributed by atoms with E-state index in [0.717, 1.165) is 0 Å². The van der Waals surface area contributed by atoms with Gasteiger partial charge in [0.1, 0.15) is 0 Å². The van der Waals surface area contributed by atoms with Gasteiger partial charge in [0.15, 0.2) is 0 Å². The van der Waals surface area contributed by atoms with Gasteiger partial charge < -0.3 is 10.1 Å². The van der Waals surface area contributed by atoms with Crippen LogP contribution >= 0.6 is 0 Å². The molecular formula is C16H21NO3. The predicted molar refractivity (Wildman–Crippen MR) is 77.5 cm³/mol. The van der Waals surface area contributed by atoms with E-state index in [1.165, 1.54) is 7.11 Å². The van der Waals surface area contributed by atoms with Gasteiger partial charge in [-0.15, -0.1) is 0 Å². The second-order valence-corrected chi connectivity index (χ2v) is 6.43. The number of amides is 1. The number of rotatable bonds is 3. The average Bonchev–Trinajstić information content (AvgIpc) is 2.79. The maximum atomic E-state index is 12.3. The fourth-order valence-corrected chi connectivity index (χ4v) is 2.87. The molecule has 1 aromatic rings. The van der Waals surface area contributed by atoms with Crippen LogP contribution in [0.3, 0.4) is 0 Å². The smallest absolute Gasteiger partial charge is 0.337 e. The molecule has 0 spiro atoms. The standard InChI is InChI=1S/C16H21NO3/c1-15(2)12(16(15,3)4)13(18)17-11-8-6-10(7-9-11)14(19)20-5/h6-9,12H,1-5H3,(H,17,18). The third-order valence-electron chi connectivity index (χ3n) is 4.86. The van der Waals surface area contributed by atoms with Gasteiger partial charge in [0.25, 0.3) is 0 Å². The Morgan fingerprint density at radius 2 is 1.55 bits per heavy atom. The summed E-state index contributed by atoms with van der Waals surface area (Å²) in [6.45, 7) is 8.43. The average molecular weight is 275 g/mol. The second kappa shape index (κ2) is 4.62. The largest absolute Gasteiger partial charge is 0.465 e. The van der Waals surface area contributed by atoms with Crippen molar-refractivity contribution in [3.63, 3.8) is 0 Å². The lowest BCUT2D eigenvalue weighted by atomic mass is 10.0. The summed E-state index contributed by atoms with van der Waals surface area (Å²) in [6, 6.07) is 6.72. The molecule has 1 N–H and O–H groups in total. The van der Waals surface area contributed by atoms with E-state index in [1.807, 2.05) is 0 Å². The van der Waals surface area contributed by atoms with Crippen LogP contribution in [0, 0.1) is 16.7 Å². The van der Waals surface area contributed by atoms with E-state index in [1.54, 1.807) is 24.3 Å². The van der Waals surface area contributed by atoms with Crippen LogP contribution in [0.15, 0.2) is 24.3 Å². The summed E-state index contributed by atoms with van der Waals surface area (Å²) in [5, 5.41) is 2.91.